The molecule has 4 amide bonds. The zero-order chi connectivity index (χ0) is 44.1. The summed E-state index contributed by atoms with van der Waals surface area (Å²) < 4.78 is 11.3. The number of rotatable bonds is 16. The first-order valence-corrected chi connectivity index (χ1v) is 17.5. The van der Waals surface area contributed by atoms with Crippen molar-refractivity contribution in [2.75, 3.05) is 80.8 Å². The number of pyridine rings is 4. The maximum Gasteiger partial charge on any atom is 3.00 e. The van der Waals surface area contributed by atoms with Crippen LogP contribution in [0.2, 0.25) is 0 Å². The van der Waals surface area contributed by atoms with Gasteiger partial charge in [-0.15, -0.1) is 0 Å². The van der Waals surface area contributed by atoms with Gasteiger partial charge in [0.25, 0.3) is 23.2 Å². The van der Waals surface area contributed by atoms with Gasteiger partial charge in [0, 0.05) is 50.4 Å². The molecule has 0 aromatic carbocycles. The molecule has 23 nitrogen and oxygen atoms in total. The molecule has 0 saturated carbocycles. The Balaban J connectivity index is 0.000000531. The van der Waals surface area contributed by atoms with Crippen LogP contribution < -0.4 is 52.1 Å². The summed E-state index contributed by atoms with van der Waals surface area (Å²) in [5.74, 6) is -4.52. The molecule has 0 spiro atoms. The molecule has 4 aromatic heterocycles. The SMILES string of the molecule is C[N+](C)(C)C.O=C(NCCOCCNC(=O)c1cccc(=O)n1[O-])c1cccc(=O)n1[O-].O=C(NCCOCCNC(=O)c1cccc([O-])[n+]1[O-])c1cccc([O-])[n+]1[O-].[Eu+3]. The summed E-state index contributed by atoms with van der Waals surface area (Å²) in [6, 6.07) is 14.3. The summed E-state index contributed by atoms with van der Waals surface area (Å²) in [6.45, 7) is 0.682. The Morgan fingerprint density at radius 2 is 0.833 bits per heavy atom. The standard InChI is InChI=1S/C16H18N4O7.C16H16N4O7.C4H12N.Eu/c2*21-13-5-1-3-11(19(13)25)15(23)17-7-9-27-10-8-18-16(24)12-4-2-6-14(22)20(12)26;1-5(2,3)4;/h1-6,21-22H,7-10H2,(H,17,23)(H,18,24);1-6H,7-10H2,(H,17,23)(H,18,24);1-4H3;/q;-2;+1;+3/p-2. The molecule has 4 aromatic rings. The quantitative estimate of drug-likeness (QED) is 0.0366. The molecule has 0 aliphatic heterocycles. The number of carbonyl (C=O) groups is 4. The maximum atomic E-state index is 11.8. The van der Waals surface area contributed by atoms with E-state index in [1.165, 1.54) is 48.5 Å². The maximum absolute atomic E-state index is 11.8. The second-order valence-corrected chi connectivity index (χ2v) is 13.1. The molecule has 60 heavy (non-hydrogen) atoms. The van der Waals surface area contributed by atoms with E-state index in [0.29, 0.717) is 0 Å². The Labute approximate surface area is 383 Å². The third kappa shape index (κ3) is 18.5. The van der Waals surface area contributed by atoms with E-state index in [1.54, 1.807) is 0 Å². The van der Waals surface area contributed by atoms with Gasteiger partial charge in [0.1, 0.15) is 11.4 Å². The molecule has 0 saturated heterocycles. The average molecular weight is 979 g/mol. The van der Waals surface area contributed by atoms with E-state index < -0.39 is 46.5 Å². The minimum absolute atomic E-state index is 0. The number of amides is 4. The fraction of sp³-hybridized carbons (Fsp3) is 0.333. The molecule has 0 unspecified atom stereocenters. The van der Waals surface area contributed by atoms with Gasteiger partial charge in [-0.2, -0.15) is 9.46 Å². The van der Waals surface area contributed by atoms with Crippen LogP contribution in [0.1, 0.15) is 42.0 Å². The van der Waals surface area contributed by atoms with E-state index in [-0.39, 0.29) is 144 Å². The minimum atomic E-state index is -0.837. The third-order valence-corrected chi connectivity index (χ3v) is 6.71. The van der Waals surface area contributed by atoms with Crippen molar-refractivity contribution in [2.24, 2.45) is 0 Å². The van der Waals surface area contributed by atoms with Gasteiger partial charge in [-0.05, 0) is 24.3 Å². The molecule has 4 rings (SSSR count). The Kier molecular flexibility index (Phi) is 23.1. The van der Waals surface area contributed by atoms with Gasteiger partial charge in [0.2, 0.25) is 11.1 Å². The molecular weight excluding hydrogens is 934 g/mol. The Bertz CT molecular complexity index is 2010. The molecule has 0 bridgehead atoms. The zero-order valence-corrected chi connectivity index (χ0v) is 35.3. The van der Waals surface area contributed by atoms with Gasteiger partial charge >= 0.3 is 61.2 Å². The van der Waals surface area contributed by atoms with Crippen molar-refractivity contribution in [2.45, 2.75) is 0 Å². The number of hydrogen-bond acceptors (Lipinski definition) is 14. The molecule has 4 N–H and O–H groups in total. The largest absolute Gasteiger partial charge is 3.00 e. The molecule has 0 aliphatic rings. The molecule has 0 fully saturated rings. The van der Waals surface area contributed by atoms with Crippen LogP contribution in [0.4, 0.5) is 0 Å². The van der Waals surface area contributed by atoms with Crippen LogP contribution in [0.5, 0.6) is 11.8 Å². The van der Waals surface area contributed by atoms with Gasteiger partial charge in [-0.3, -0.25) is 28.8 Å². The summed E-state index contributed by atoms with van der Waals surface area (Å²) in [4.78, 5) is 69.4. The summed E-state index contributed by atoms with van der Waals surface area (Å²) in [5.41, 5.74) is -2.95. The van der Waals surface area contributed by atoms with E-state index in [4.69, 9.17) is 9.47 Å². The van der Waals surface area contributed by atoms with Crippen LogP contribution in [0.15, 0.2) is 82.4 Å². The molecule has 324 valence electrons. The number of nitrogens with one attached hydrogen (secondary N) is 4. The van der Waals surface area contributed by atoms with Gasteiger partial charge in [-0.25, -0.2) is 0 Å². The number of ether oxygens (including phenoxy) is 2. The Hall–Kier alpha value is -5.66. The van der Waals surface area contributed by atoms with Crippen molar-refractivity contribution in [1.82, 2.24) is 30.7 Å². The van der Waals surface area contributed by atoms with Crippen LogP contribution >= 0.6 is 0 Å². The van der Waals surface area contributed by atoms with Crippen LogP contribution in [0.25, 0.3) is 0 Å². The first-order valence-electron chi connectivity index (χ1n) is 17.5. The fourth-order valence-corrected chi connectivity index (χ4v) is 4.09. The van der Waals surface area contributed by atoms with Crippen molar-refractivity contribution in [3.8, 4) is 11.8 Å². The topological polar surface area (TPSA) is 325 Å². The second kappa shape index (κ2) is 26.4. The third-order valence-electron chi connectivity index (χ3n) is 6.71. The molecule has 0 aliphatic carbocycles. The van der Waals surface area contributed by atoms with Crippen LogP contribution in [-0.2, 0) is 9.47 Å². The van der Waals surface area contributed by atoms with Gasteiger partial charge in [0.05, 0.1) is 54.6 Å². The number of hydrogen-bond donors (Lipinski definition) is 4. The van der Waals surface area contributed by atoms with Gasteiger partial charge < -0.3 is 75.7 Å². The van der Waals surface area contributed by atoms with Gasteiger partial charge in [-0.1, -0.05) is 24.3 Å². The number of carbonyl (C=O) groups excluding carboxylic acids is 4. The van der Waals surface area contributed by atoms with E-state index in [2.05, 4.69) is 49.5 Å². The summed E-state index contributed by atoms with van der Waals surface area (Å²) in [7, 11) is 8.50. The zero-order valence-electron chi connectivity index (χ0n) is 32.9. The smallest absolute Gasteiger partial charge is 0.822 e. The van der Waals surface area contributed by atoms with Crippen molar-refractivity contribution >= 4 is 23.6 Å². The first kappa shape index (κ1) is 52.4. The second-order valence-electron chi connectivity index (χ2n) is 13.1. The number of aromatic nitrogens is 4. The Morgan fingerprint density at radius 1 is 0.550 bits per heavy atom. The molecular formula is C36H44EuN9O14. The minimum Gasteiger partial charge on any atom is -0.822 e. The van der Waals surface area contributed by atoms with E-state index in [1.807, 2.05) is 0 Å². The van der Waals surface area contributed by atoms with E-state index >= 15 is 0 Å². The van der Waals surface area contributed by atoms with E-state index in [0.717, 1.165) is 28.7 Å². The van der Waals surface area contributed by atoms with Crippen molar-refractivity contribution in [3.05, 3.63) is 137 Å². The van der Waals surface area contributed by atoms with E-state index in [9.17, 15) is 59.8 Å². The monoisotopic (exact) mass is 979 g/mol. The summed E-state index contributed by atoms with van der Waals surface area (Å²) >= 11 is 0. The number of quaternary nitrogens is 1. The molecule has 24 heteroatoms. The Morgan fingerprint density at radius 3 is 1.15 bits per heavy atom. The van der Waals surface area contributed by atoms with Crippen LogP contribution in [0, 0.1) is 70.2 Å². The molecule has 0 atom stereocenters. The number of nitrogens with zero attached hydrogens (tertiary/aromatic N) is 5. The van der Waals surface area contributed by atoms with Crippen LogP contribution in [0.3, 0.4) is 0 Å². The summed E-state index contributed by atoms with van der Waals surface area (Å²) in [6.07, 6.45) is 0. The predicted molar refractivity (Wildman–Crippen MR) is 204 cm³/mol. The van der Waals surface area contributed by atoms with Crippen molar-refractivity contribution in [1.29, 1.82) is 0 Å². The van der Waals surface area contributed by atoms with Crippen LogP contribution in [-0.4, -0.2) is 118 Å². The average Bonchev–Trinajstić information content (AvgIpc) is 3.17. The normalized spacial score (nSPS) is 10.3. The molecule has 4 heterocycles. The predicted octanol–water partition coefficient (Wildman–Crippen LogP) is -3.52. The van der Waals surface area contributed by atoms with Gasteiger partial charge in [0.15, 0.2) is 11.8 Å². The van der Waals surface area contributed by atoms with Crippen molar-refractivity contribution < 1.29 is 102 Å². The van der Waals surface area contributed by atoms with Crippen molar-refractivity contribution in [3.63, 3.8) is 0 Å². The first-order chi connectivity index (χ1) is 27.8. The molecule has 0 radical (unpaired) electrons. The fourth-order valence-electron chi connectivity index (χ4n) is 4.09. The summed E-state index contributed by atoms with van der Waals surface area (Å²) in [5, 5.41) is 77.7.